The summed E-state index contributed by atoms with van der Waals surface area (Å²) in [7, 11) is 0. The Balaban J connectivity index is 2.71. The summed E-state index contributed by atoms with van der Waals surface area (Å²) in [5.74, 6) is 0.211. The lowest BCUT2D eigenvalue weighted by atomic mass is 10.3. The van der Waals surface area contributed by atoms with Crippen LogP contribution in [0.3, 0.4) is 0 Å². The Hall–Kier alpha value is -0.850. The first-order valence-electron chi connectivity index (χ1n) is 5.53. The molecule has 0 saturated heterocycles. The van der Waals surface area contributed by atoms with Gasteiger partial charge in [-0.25, -0.2) is 0 Å². The van der Waals surface area contributed by atoms with Gasteiger partial charge >= 0.3 is 5.69 Å². The van der Waals surface area contributed by atoms with Gasteiger partial charge in [-0.1, -0.05) is 18.5 Å². The first kappa shape index (κ1) is 15.2. The van der Waals surface area contributed by atoms with Gasteiger partial charge in [0.05, 0.1) is 9.40 Å². The molecule has 0 aromatic heterocycles. The number of nitro groups is 1. The van der Waals surface area contributed by atoms with E-state index >= 15 is 0 Å². The van der Waals surface area contributed by atoms with E-state index in [0.717, 1.165) is 13.0 Å². The van der Waals surface area contributed by atoms with Gasteiger partial charge in [-0.15, -0.1) is 0 Å². The molecular weight excluding hydrogens is 323 g/mol. The summed E-state index contributed by atoms with van der Waals surface area (Å²) in [5.41, 5.74) is -0.134. The zero-order chi connectivity index (χ0) is 13.5. The van der Waals surface area contributed by atoms with E-state index in [1.165, 1.54) is 6.07 Å². The lowest BCUT2D eigenvalue weighted by Crippen LogP contribution is -2.21. The number of hydrogen-bond acceptors (Lipinski definition) is 4. The van der Waals surface area contributed by atoms with E-state index in [1.807, 2.05) is 0 Å². The monoisotopic (exact) mass is 336 g/mol. The summed E-state index contributed by atoms with van der Waals surface area (Å²) in [6.07, 6.45) is 1.03. The van der Waals surface area contributed by atoms with E-state index in [1.54, 1.807) is 6.07 Å². The SMILES string of the molecule is CCCNCCOc1c(Br)cc(Cl)cc1[N+](=O)[O-]. The maximum atomic E-state index is 10.9. The number of nitro benzene ring substituents is 1. The number of rotatable bonds is 7. The molecule has 7 heteroatoms. The minimum atomic E-state index is -0.508. The number of ether oxygens (including phenoxy) is 1. The number of halogens is 2. The van der Waals surface area contributed by atoms with E-state index in [-0.39, 0.29) is 11.4 Å². The van der Waals surface area contributed by atoms with Crippen molar-refractivity contribution in [3.05, 3.63) is 31.7 Å². The molecule has 0 unspecified atom stereocenters. The van der Waals surface area contributed by atoms with Gasteiger partial charge in [-0.2, -0.15) is 0 Å². The van der Waals surface area contributed by atoms with Gasteiger partial charge in [0.15, 0.2) is 0 Å². The molecule has 1 N–H and O–H groups in total. The molecule has 18 heavy (non-hydrogen) atoms. The Bertz CT molecular complexity index is 429. The second kappa shape index (κ2) is 7.56. The number of nitrogens with zero attached hydrogens (tertiary/aromatic N) is 1. The van der Waals surface area contributed by atoms with Gasteiger partial charge in [0.1, 0.15) is 6.61 Å². The van der Waals surface area contributed by atoms with Gasteiger partial charge in [0.2, 0.25) is 5.75 Å². The molecule has 0 amide bonds. The van der Waals surface area contributed by atoms with Crippen molar-refractivity contribution in [3.8, 4) is 5.75 Å². The third kappa shape index (κ3) is 4.44. The summed E-state index contributed by atoms with van der Waals surface area (Å²) in [6, 6.07) is 2.85. The van der Waals surface area contributed by atoms with Crippen LogP contribution in [0.5, 0.6) is 5.75 Å². The average molecular weight is 338 g/mol. The van der Waals surface area contributed by atoms with Crippen molar-refractivity contribution in [2.75, 3.05) is 19.7 Å². The highest BCUT2D eigenvalue weighted by Crippen LogP contribution is 2.37. The highest BCUT2D eigenvalue weighted by molar-refractivity contribution is 9.10. The van der Waals surface area contributed by atoms with Crippen molar-refractivity contribution in [2.45, 2.75) is 13.3 Å². The largest absolute Gasteiger partial charge is 0.485 e. The zero-order valence-electron chi connectivity index (χ0n) is 9.91. The van der Waals surface area contributed by atoms with E-state index in [9.17, 15) is 10.1 Å². The van der Waals surface area contributed by atoms with Crippen LogP contribution in [-0.2, 0) is 0 Å². The molecule has 0 saturated carbocycles. The quantitative estimate of drug-likeness (QED) is 0.470. The van der Waals surface area contributed by atoms with Crippen LogP contribution in [-0.4, -0.2) is 24.6 Å². The third-order valence-electron chi connectivity index (χ3n) is 2.14. The smallest absolute Gasteiger partial charge is 0.313 e. The molecule has 100 valence electrons. The number of nitrogens with one attached hydrogen (secondary N) is 1. The lowest BCUT2D eigenvalue weighted by molar-refractivity contribution is -0.385. The molecule has 5 nitrogen and oxygen atoms in total. The van der Waals surface area contributed by atoms with Gasteiger partial charge in [0.25, 0.3) is 0 Å². The molecular formula is C11H14BrClN2O3. The van der Waals surface area contributed by atoms with Crippen molar-refractivity contribution in [3.63, 3.8) is 0 Å². The minimum Gasteiger partial charge on any atom is -0.485 e. The molecule has 0 atom stereocenters. The van der Waals surface area contributed by atoms with Gasteiger partial charge in [0, 0.05) is 17.6 Å². The average Bonchev–Trinajstić information content (AvgIpc) is 2.30. The fourth-order valence-electron chi connectivity index (χ4n) is 1.35. The maximum absolute atomic E-state index is 10.9. The van der Waals surface area contributed by atoms with E-state index in [4.69, 9.17) is 16.3 Å². The first-order valence-corrected chi connectivity index (χ1v) is 6.70. The Labute approximate surface area is 119 Å². The van der Waals surface area contributed by atoms with Gasteiger partial charge in [-0.3, -0.25) is 10.1 Å². The van der Waals surface area contributed by atoms with E-state index in [2.05, 4.69) is 28.2 Å². The fourth-order valence-corrected chi connectivity index (χ4v) is 2.26. The summed E-state index contributed by atoms with van der Waals surface area (Å²) in [6.45, 7) is 3.96. The minimum absolute atomic E-state index is 0.134. The highest BCUT2D eigenvalue weighted by atomic mass is 79.9. The molecule has 0 aliphatic heterocycles. The molecule has 1 aromatic rings. The molecule has 0 aliphatic carbocycles. The zero-order valence-corrected chi connectivity index (χ0v) is 12.3. The van der Waals surface area contributed by atoms with Gasteiger partial charge < -0.3 is 10.1 Å². The van der Waals surface area contributed by atoms with Gasteiger partial charge in [-0.05, 0) is 35.0 Å². The second-order valence-electron chi connectivity index (χ2n) is 3.59. The number of benzene rings is 1. The van der Waals surface area contributed by atoms with Crippen molar-refractivity contribution >= 4 is 33.2 Å². The van der Waals surface area contributed by atoms with Crippen molar-refractivity contribution < 1.29 is 9.66 Å². The fraction of sp³-hybridized carbons (Fsp3) is 0.455. The molecule has 0 spiro atoms. The molecule has 0 bridgehead atoms. The maximum Gasteiger partial charge on any atom is 0.313 e. The van der Waals surface area contributed by atoms with Crippen LogP contribution in [0.4, 0.5) is 5.69 Å². The summed E-state index contributed by atoms with van der Waals surface area (Å²) in [4.78, 5) is 10.4. The third-order valence-corrected chi connectivity index (χ3v) is 2.94. The molecule has 0 aliphatic rings. The normalized spacial score (nSPS) is 10.4. The van der Waals surface area contributed by atoms with Crippen LogP contribution in [0, 0.1) is 10.1 Å². The summed E-state index contributed by atoms with van der Waals surface area (Å²) in [5, 5.41) is 14.3. The standard InChI is InChI=1S/C11H14BrClN2O3/c1-2-3-14-4-5-18-11-9(12)6-8(13)7-10(11)15(16)17/h6-7,14H,2-5H2,1H3. The van der Waals surface area contributed by atoms with Crippen molar-refractivity contribution in [1.29, 1.82) is 0 Å². The van der Waals surface area contributed by atoms with E-state index in [0.29, 0.717) is 22.6 Å². The summed E-state index contributed by atoms with van der Waals surface area (Å²) < 4.78 is 5.90. The van der Waals surface area contributed by atoms with Crippen LogP contribution in [0.1, 0.15) is 13.3 Å². The molecule has 0 heterocycles. The van der Waals surface area contributed by atoms with Crippen LogP contribution in [0.2, 0.25) is 5.02 Å². The molecule has 0 radical (unpaired) electrons. The van der Waals surface area contributed by atoms with Crippen LogP contribution >= 0.6 is 27.5 Å². The van der Waals surface area contributed by atoms with Crippen LogP contribution < -0.4 is 10.1 Å². The molecule has 1 rings (SSSR count). The lowest BCUT2D eigenvalue weighted by Gasteiger charge is -2.09. The Morgan fingerprint density at radius 2 is 2.22 bits per heavy atom. The highest BCUT2D eigenvalue weighted by Gasteiger charge is 2.19. The second-order valence-corrected chi connectivity index (χ2v) is 4.88. The molecule has 1 aromatic carbocycles. The van der Waals surface area contributed by atoms with Crippen molar-refractivity contribution in [1.82, 2.24) is 5.32 Å². The predicted molar refractivity (Wildman–Crippen MR) is 74.5 cm³/mol. The van der Waals surface area contributed by atoms with E-state index < -0.39 is 4.92 Å². The summed E-state index contributed by atoms with van der Waals surface area (Å²) >= 11 is 8.98. The number of hydrogen-bond donors (Lipinski definition) is 1. The molecule has 0 fully saturated rings. The van der Waals surface area contributed by atoms with Crippen LogP contribution in [0.25, 0.3) is 0 Å². The topological polar surface area (TPSA) is 64.4 Å². The predicted octanol–water partition coefficient (Wildman–Crippen LogP) is 3.39. The first-order chi connectivity index (χ1) is 8.56. The van der Waals surface area contributed by atoms with Crippen LogP contribution in [0.15, 0.2) is 16.6 Å². The Morgan fingerprint density at radius 3 is 2.83 bits per heavy atom. The van der Waals surface area contributed by atoms with Crippen molar-refractivity contribution in [2.24, 2.45) is 0 Å². The Morgan fingerprint density at radius 1 is 1.50 bits per heavy atom. The Kier molecular flexibility index (Phi) is 6.38.